The summed E-state index contributed by atoms with van der Waals surface area (Å²) in [6.45, 7) is 6.74. The summed E-state index contributed by atoms with van der Waals surface area (Å²) in [7, 11) is 0. The molecular weight excluding hydrogens is 1320 g/mol. The van der Waals surface area contributed by atoms with Crippen LogP contribution in [0.4, 0.5) is 17.1 Å². The molecule has 0 atom stereocenters. The summed E-state index contributed by atoms with van der Waals surface area (Å²) in [5, 5.41) is 12.3. The van der Waals surface area contributed by atoms with E-state index >= 15 is 0 Å². The second-order valence-electron chi connectivity index (χ2n) is 30.2. The van der Waals surface area contributed by atoms with Gasteiger partial charge < -0.3 is 9.47 Å². The summed E-state index contributed by atoms with van der Waals surface area (Å²) in [6, 6.07) is 142. The van der Waals surface area contributed by atoms with Gasteiger partial charge in [0, 0.05) is 48.8 Å². The second kappa shape index (κ2) is 25.4. The summed E-state index contributed by atoms with van der Waals surface area (Å²) in [4.78, 5) is 5.16. The summed E-state index contributed by atoms with van der Waals surface area (Å²) in [6.07, 6.45) is 0. The fraction of sp³-hybridized carbons (Fsp3) is 0.0385. The van der Waals surface area contributed by atoms with Crippen LogP contribution in [0.3, 0.4) is 0 Å². The highest BCUT2D eigenvalue weighted by atomic mass is 32.2. The lowest BCUT2D eigenvalue weighted by Crippen LogP contribution is -2.60. The minimum absolute atomic E-state index is 0.0417. The maximum Gasteiger partial charge on any atom is 0.249 e. The van der Waals surface area contributed by atoms with Crippen molar-refractivity contribution in [2.45, 2.75) is 36.0 Å². The molecule has 0 unspecified atom stereocenters. The lowest BCUT2D eigenvalue weighted by molar-refractivity contribution is 0.591. The van der Waals surface area contributed by atoms with Gasteiger partial charge in [0.25, 0.3) is 0 Å². The number of para-hydroxylation sites is 2. The average molecular weight is 1390 g/mol. The maximum atomic E-state index is 2.68. The molecule has 0 amide bonds. The zero-order valence-corrected chi connectivity index (χ0v) is 61.0. The number of hydrogen-bond donors (Lipinski definition) is 0. The molecule has 4 heteroatoms. The fourth-order valence-electron chi connectivity index (χ4n) is 17.8. The Morgan fingerprint density at radius 3 is 1.17 bits per heavy atom. The SMILES string of the molecule is CC(C)(C)c1ccc2c(c1)c1ccccc1n2-c1cc2c3c(c1)N(c1c(-c4ccccc4)cccc1-c1ccccc1)c1ccc(-c4cc(-c5cccc6ccccc56)cc(-c5cccc6ccccc56)c4)cc1B3c1cc(-c3cc(-c4cccc5ccccc45)cc(-c4cccc5ccccc45)c3)ccc1S2. The summed E-state index contributed by atoms with van der Waals surface area (Å²) in [5.41, 5.74) is 30.8. The van der Waals surface area contributed by atoms with E-state index in [9.17, 15) is 0 Å². The number of anilines is 3. The van der Waals surface area contributed by atoms with Gasteiger partial charge in [0.2, 0.25) is 6.71 Å². The Kier molecular flexibility index (Phi) is 14.9. The van der Waals surface area contributed by atoms with Crippen molar-refractivity contribution in [1.82, 2.24) is 4.57 Å². The van der Waals surface area contributed by atoms with E-state index in [2.05, 4.69) is 406 Å². The van der Waals surface area contributed by atoms with Crippen LogP contribution in [-0.4, -0.2) is 11.3 Å². The monoisotopic (exact) mass is 1390 g/mol. The molecule has 2 aliphatic heterocycles. The van der Waals surface area contributed by atoms with Crippen LogP contribution < -0.4 is 21.3 Å². The molecule has 19 aromatic rings. The van der Waals surface area contributed by atoms with Crippen LogP contribution in [0.25, 0.3) is 160 Å². The van der Waals surface area contributed by atoms with E-state index in [4.69, 9.17) is 0 Å². The molecule has 1 aromatic heterocycles. The number of hydrogen-bond acceptors (Lipinski definition) is 2. The number of aromatic nitrogens is 1. The van der Waals surface area contributed by atoms with Gasteiger partial charge in [-0.05, 0) is 222 Å². The number of rotatable bonds is 10. The Balaban J connectivity index is 0.864. The van der Waals surface area contributed by atoms with Crippen molar-refractivity contribution in [1.29, 1.82) is 0 Å². The van der Waals surface area contributed by atoms with E-state index in [1.807, 2.05) is 11.8 Å². The van der Waals surface area contributed by atoms with Gasteiger partial charge in [0.05, 0.1) is 16.7 Å². The van der Waals surface area contributed by atoms with E-state index in [-0.39, 0.29) is 12.1 Å². The van der Waals surface area contributed by atoms with Crippen LogP contribution in [0.1, 0.15) is 26.3 Å². The summed E-state index contributed by atoms with van der Waals surface area (Å²) in [5.74, 6) is 0. The molecule has 0 radical (unpaired) electrons. The van der Waals surface area contributed by atoms with Gasteiger partial charge in [-0.15, -0.1) is 0 Å². The molecule has 0 saturated carbocycles. The van der Waals surface area contributed by atoms with Gasteiger partial charge in [-0.2, -0.15) is 0 Å². The van der Waals surface area contributed by atoms with Crippen molar-refractivity contribution in [3.63, 3.8) is 0 Å². The average Bonchev–Trinajstić information content (AvgIpc) is 0.860. The smallest absolute Gasteiger partial charge is 0.249 e. The molecule has 2 aliphatic rings. The Bertz CT molecular complexity index is 6630. The van der Waals surface area contributed by atoms with Crippen LogP contribution in [0.15, 0.2) is 386 Å². The zero-order valence-electron chi connectivity index (χ0n) is 60.2. The largest absolute Gasteiger partial charge is 0.310 e. The molecule has 0 spiro atoms. The van der Waals surface area contributed by atoms with E-state index in [1.165, 1.54) is 152 Å². The van der Waals surface area contributed by atoms with Crippen molar-refractivity contribution in [3.05, 3.63) is 382 Å². The van der Waals surface area contributed by atoms with E-state index < -0.39 is 0 Å². The third-order valence-electron chi connectivity index (χ3n) is 22.9. The number of nitrogens with zero attached hydrogens (tertiary/aromatic N) is 2. The molecule has 0 saturated heterocycles. The molecule has 0 fully saturated rings. The van der Waals surface area contributed by atoms with E-state index in [0.29, 0.717) is 0 Å². The third-order valence-corrected chi connectivity index (χ3v) is 24.1. The van der Waals surface area contributed by atoms with Gasteiger partial charge in [0.1, 0.15) is 0 Å². The molecule has 2 nitrogen and oxygen atoms in total. The minimum Gasteiger partial charge on any atom is -0.310 e. The first kappa shape index (κ1) is 63.5. The van der Waals surface area contributed by atoms with Crippen LogP contribution in [0.5, 0.6) is 0 Å². The Hall–Kier alpha value is -13.0. The first-order chi connectivity index (χ1) is 53.2. The lowest BCUT2D eigenvalue weighted by Gasteiger charge is -2.42. The summed E-state index contributed by atoms with van der Waals surface area (Å²) >= 11 is 1.92. The van der Waals surface area contributed by atoms with Gasteiger partial charge in [-0.3, -0.25) is 0 Å². The number of benzene rings is 18. The highest BCUT2D eigenvalue weighted by Crippen LogP contribution is 2.52. The molecule has 3 heterocycles. The van der Waals surface area contributed by atoms with Crippen molar-refractivity contribution in [2.75, 3.05) is 4.90 Å². The minimum atomic E-state index is -0.222. The lowest BCUT2D eigenvalue weighted by atomic mass is 9.34. The first-order valence-electron chi connectivity index (χ1n) is 37.6. The van der Waals surface area contributed by atoms with Gasteiger partial charge in [-0.25, -0.2) is 0 Å². The van der Waals surface area contributed by atoms with Crippen LogP contribution in [0.2, 0.25) is 0 Å². The quantitative estimate of drug-likeness (QED) is 0.126. The van der Waals surface area contributed by atoms with E-state index in [1.54, 1.807) is 0 Å². The van der Waals surface area contributed by atoms with Crippen molar-refractivity contribution < 1.29 is 0 Å². The molecule has 0 bridgehead atoms. The van der Waals surface area contributed by atoms with E-state index in [0.717, 1.165) is 56.1 Å². The van der Waals surface area contributed by atoms with Crippen molar-refractivity contribution in [3.8, 4) is 94.7 Å². The molecule has 506 valence electrons. The van der Waals surface area contributed by atoms with Gasteiger partial charge >= 0.3 is 0 Å². The topological polar surface area (TPSA) is 8.17 Å². The summed E-state index contributed by atoms with van der Waals surface area (Å²) < 4.78 is 2.55. The zero-order chi connectivity index (χ0) is 71.7. The molecule has 108 heavy (non-hydrogen) atoms. The molecule has 0 N–H and O–H groups in total. The normalized spacial score (nSPS) is 12.5. The number of fused-ring (bicyclic) bond motifs is 11. The Morgan fingerprint density at radius 2 is 0.667 bits per heavy atom. The first-order valence-corrected chi connectivity index (χ1v) is 38.4. The standard InChI is InChI=1S/C104H71BN2S/c1-104(2,3)80-51-53-97-93(63-80)92-41-18-19-48-96(92)106(97)81-64-99-102-101(65-81)108-100-54-50-73(75-57-78(88-44-22-35-68-31-12-16-39-84(68)88)60-79(58-75)89-45-23-36-69-32-13-17-40-85(69)89)62-95(100)105(102)94-61-72(49-52-98(94)107(99)103-90(70-25-6-4-7-26-70)46-24-47-91(103)71-27-8-5-9-28-71)74-55-76(86-42-20-33-66-29-10-14-37-82(66)86)59-77(56-74)87-43-21-34-67-30-11-15-38-83(67)87/h4-65H,1-3H3. The van der Waals surface area contributed by atoms with Crippen LogP contribution in [0, 0.1) is 0 Å². The van der Waals surface area contributed by atoms with Crippen molar-refractivity contribution >= 4 is 117 Å². The maximum absolute atomic E-state index is 2.68. The second-order valence-corrected chi connectivity index (χ2v) is 31.3. The van der Waals surface area contributed by atoms with Gasteiger partial charge in [0.15, 0.2) is 0 Å². The predicted molar refractivity (Wildman–Crippen MR) is 463 cm³/mol. The van der Waals surface area contributed by atoms with Crippen LogP contribution >= 0.6 is 11.8 Å². The highest BCUT2D eigenvalue weighted by Gasteiger charge is 2.43. The molecular formula is C104H71BN2S. The Morgan fingerprint density at radius 1 is 0.259 bits per heavy atom. The fourth-order valence-corrected chi connectivity index (χ4v) is 19.0. The highest BCUT2D eigenvalue weighted by molar-refractivity contribution is 8.00. The molecule has 18 aromatic carbocycles. The predicted octanol–water partition coefficient (Wildman–Crippen LogP) is 26.8. The third kappa shape index (κ3) is 10.6. The molecule has 21 rings (SSSR count). The van der Waals surface area contributed by atoms with Crippen molar-refractivity contribution in [2.24, 2.45) is 0 Å². The van der Waals surface area contributed by atoms with Gasteiger partial charge in [-0.1, -0.05) is 335 Å². The molecule has 0 aliphatic carbocycles. The van der Waals surface area contributed by atoms with Crippen LogP contribution in [-0.2, 0) is 5.41 Å². The Labute approximate surface area is 634 Å².